The lowest BCUT2D eigenvalue weighted by atomic mass is 10.1. The van der Waals surface area contributed by atoms with Gasteiger partial charge in [0.2, 0.25) is 0 Å². The summed E-state index contributed by atoms with van der Waals surface area (Å²) in [4.78, 5) is 11.6. The maximum atomic E-state index is 11.6. The Balaban J connectivity index is 3.24. The maximum Gasteiger partial charge on any atom is 0.253 e. The molecule has 1 aromatic heterocycles. The second kappa shape index (κ2) is 3.57. The molecule has 0 radical (unpaired) electrons. The van der Waals surface area contributed by atoms with Gasteiger partial charge in [0.25, 0.3) is 5.56 Å². The zero-order valence-corrected chi connectivity index (χ0v) is 7.87. The van der Waals surface area contributed by atoms with Crippen LogP contribution in [0.15, 0.2) is 23.1 Å². The summed E-state index contributed by atoms with van der Waals surface area (Å²) in [5, 5.41) is 0. The molecule has 0 atom stereocenters. The van der Waals surface area contributed by atoms with Crippen molar-refractivity contribution in [3.63, 3.8) is 0 Å². The van der Waals surface area contributed by atoms with Crippen molar-refractivity contribution in [2.75, 3.05) is 0 Å². The first kappa shape index (κ1) is 9.04. The summed E-state index contributed by atoms with van der Waals surface area (Å²) in [6, 6.07) is 3.83. The molecule has 0 aliphatic carbocycles. The van der Waals surface area contributed by atoms with Gasteiger partial charge < -0.3 is 4.57 Å². The molecule has 2 heteroatoms. The minimum Gasteiger partial charge on any atom is -0.316 e. The van der Waals surface area contributed by atoms with Crippen molar-refractivity contribution in [1.29, 1.82) is 0 Å². The number of hydrogen-bond donors (Lipinski definition) is 0. The highest BCUT2D eigenvalue weighted by atomic mass is 16.1. The van der Waals surface area contributed by atoms with E-state index in [2.05, 4.69) is 0 Å². The van der Waals surface area contributed by atoms with E-state index in [1.165, 1.54) is 0 Å². The predicted octanol–water partition coefficient (Wildman–Crippen LogP) is 1.99. The minimum absolute atomic E-state index is 0.148. The van der Waals surface area contributed by atoms with E-state index in [4.69, 9.17) is 0 Å². The first-order chi connectivity index (χ1) is 5.66. The molecule has 0 fully saturated rings. The van der Waals surface area contributed by atoms with Crippen molar-refractivity contribution in [3.05, 3.63) is 34.2 Å². The lowest BCUT2D eigenvalue weighted by molar-refractivity contribution is 0.700. The average Bonchev–Trinajstić information content (AvgIpc) is 2.04. The van der Waals surface area contributed by atoms with Crippen LogP contribution in [0.2, 0.25) is 0 Å². The lowest BCUT2D eigenvalue weighted by Gasteiger charge is -2.07. The van der Waals surface area contributed by atoms with Crippen molar-refractivity contribution < 1.29 is 0 Å². The number of nitrogens with zero attached hydrogens (tertiary/aromatic N) is 1. The van der Waals surface area contributed by atoms with E-state index >= 15 is 0 Å². The van der Waals surface area contributed by atoms with Crippen LogP contribution in [0.5, 0.6) is 0 Å². The highest BCUT2D eigenvalue weighted by Crippen LogP contribution is 2.07. The van der Waals surface area contributed by atoms with Gasteiger partial charge in [-0.3, -0.25) is 4.79 Å². The van der Waals surface area contributed by atoms with E-state index in [-0.39, 0.29) is 5.56 Å². The van der Waals surface area contributed by atoms with Crippen LogP contribution in [-0.2, 0) is 6.54 Å². The number of aryl methyl sites for hydroxylation is 1. The number of hydrogen-bond acceptors (Lipinski definition) is 1. The monoisotopic (exact) mass is 165 g/mol. The molecule has 0 aliphatic rings. The van der Waals surface area contributed by atoms with E-state index in [0.717, 1.165) is 12.1 Å². The first-order valence-corrected chi connectivity index (χ1v) is 4.36. The fourth-order valence-electron chi connectivity index (χ4n) is 1.24. The summed E-state index contributed by atoms with van der Waals surface area (Å²) >= 11 is 0. The van der Waals surface area contributed by atoms with Crippen LogP contribution >= 0.6 is 0 Å². The van der Waals surface area contributed by atoms with Gasteiger partial charge in [0.1, 0.15) is 0 Å². The Hall–Kier alpha value is -1.05. The van der Waals surface area contributed by atoms with Crippen LogP contribution in [-0.4, -0.2) is 4.57 Å². The van der Waals surface area contributed by atoms with Gasteiger partial charge in [0, 0.05) is 18.3 Å². The zero-order chi connectivity index (χ0) is 9.14. The maximum absolute atomic E-state index is 11.6. The quantitative estimate of drug-likeness (QED) is 0.657. The second-order valence-electron chi connectivity index (χ2n) is 3.21. The van der Waals surface area contributed by atoms with Crippen LogP contribution in [0.25, 0.3) is 0 Å². The number of pyridine rings is 1. The molecule has 2 nitrogen and oxygen atoms in total. The number of aromatic nitrogens is 1. The molecule has 1 aromatic rings. The summed E-state index contributed by atoms with van der Waals surface area (Å²) in [7, 11) is 0. The molecule has 0 amide bonds. The highest BCUT2D eigenvalue weighted by Gasteiger charge is 2.04. The van der Waals surface area contributed by atoms with Gasteiger partial charge in [-0.2, -0.15) is 0 Å². The molecule has 0 spiro atoms. The summed E-state index contributed by atoms with van der Waals surface area (Å²) in [6.07, 6.45) is 1.83. The van der Waals surface area contributed by atoms with Gasteiger partial charge in [0.05, 0.1) is 0 Å². The van der Waals surface area contributed by atoms with Crippen molar-refractivity contribution >= 4 is 0 Å². The molecular weight excluding hydrogens is 150 g/mol. The third-order valence-electron chi connectivity index (χ3n) is 2.01. The van der Waals surface area contributed by atoms with Gasteiger partial charge in [-0.05, 0) is 18.9 Å². The molecule has 1 heterocycles. The molecule has 0 saturated carbocycles. The fourth-order valence-corrected chi connectivity index (χ4v) is 1.24. The van der Waals surface area contributed by atoms with Gasteiger partial charge >= 0.3 is 0 Å². The van der Waals surface area contributed by atoms with Gasteiger partial charge in [0.15, 0.2) is 0 Å². The topological polar surface area (TPSA) is 22.0 Å². The van der Waals surface area contributed by atoms with Crippen molar-refractivity contribution in [2.45, 2.75) is 33.2 Å². The molecule has 66 valence electrons. The molecule has 0 aliphatic heterocycles. The van der Waals surface area contributed by atoms with E-state index in [1.54, 1.807) is 4.57 Å². The molecule has 0 N–H and O–H groups in total. The zero-order valence-electron chi connectivity index (χ0n) is 7.87. The Bertz CT molecular complexity index is 312. The Labute approximate surface area is 72.8 Å². The second-order valence-corrected chi connectivity index (χ2v) is 3.21. The molecule has 12 heavy (non-hydrogen) atoms. The molecular formula is C10H15NO. The predicted molar refractivity (Wildman–Crippen MR) is 50.5 cm³/mol. The summed E-state index contributed by atoms with van der Waals surface area (Å²) in [6.45, 7) is 6.80. The van der Waals surface area contributed by atoms with Gasteiger partial charge in [-0.25, -0.2) is 0 Å². The summed E-state index contributed by atoms with van der Waals surface area (Å²) in [5.74, 6) is 0.316. The van der Waals surface area contributed by atoms with E-state index in [0.29, 0.717) is 5.92 Å². The fraction of sp³-hybridized carbons (Fsp3) is 0.500. The number of rotatable bonds is 2. The lowest BCUT2D eigenvalue weighted by Crippen LogP contribution is -2.22. The van der Waals surface area contributed by atoms with E-state index in [9.17, 15) is 4.79 Å². The minimum atomic E-state index is 0.148. The Kier molecular flexibility index (Phi) is 2.69. The first-order valence-electron chi connectivity index (χ1n) is 4.36. The molecule has 0 aromatic carbocycles. The van der Waals surface area contributed by atoms with Gasteiger partial charge in [-0.1, -0.05) is 19.9 Å². The van der Waals surface area contributed by atoms with Crippen LogP contribution in [0, 0.1) is 0 Å². The normalized spacial score (nSPS) is 10.7. The molecule has 0 saturated heterocycles. The van der Waals surface area contributed by atoms with Crippen molar-refractivity contribution in [1.82, 2.24) is 4.57 Å². The smallest absolute Gasteiger partial charge is 0.253 e. The Morgan fingerprint density at radius 2 is 2.17 bits per heavy atom. The van der Waals surface area contributed by atoms with E-state index < -0.39 is 0 Å². The SMILES string of the molecule is CCn1cccc(C(C)C)c1=O. The molecule has 0 bridgehead atoms. The third kappa shape index (κ3) is 1.58. The van der Waals surface area contributed by atoms with Crippen LogP contribution < -0.4 is 5.56 Å². The molecule has 0 unspecified atom stereocenters. The highest BCUT2D eigenvalue weighted by molar-refractivity contribution is 5.14. The molecule has 1 rings (SSSR count). The summed E-state index contributed by atoms with van der Waals surface area (Å²) in [5.41, 5.74) is 1.05. The Morgan fingerprint density at radius 1 is 1.50 bits per heavy atom. The van der Waals surface area contributed by atoms with Crippen LogP contribution in [0.1, 0.15) is 32.3 Å². The van der Waals surface area contributed by atoms with Crippen LogP contribution in [0.4, 0.5) is 0 Å². The van der Waals surface area contributed by atoms with Gasteiger partial charge in [-0.15, -0.1) is 0 Å². The van der Waals surface area contributed by atoms with Crippen molar-refractivity contribution in [3.8, 4) is 0 Å². The largest absolute Gasteiger partial charge is 0.316 e. The third-order valence-corrected chi connectivity index (χ3v) is 2.01. The van der Waals surface area contributed by atoms with Crippen LogP contribution in [0.3, 0.4) is 0 Å². The van der Waals surface area contributed by atoms with E-state index in [1.807, 2.05) is 39.1 Å². The Morgan fingerprint density at radius 3 is 2.67 bits per heavy atom. The standard InChI is InChI=1S/C10H15NO/c1-4-11-7-5-6-9(8(2)3)10(11)12/h5-8H,4H2,1-3H3. The van der Waals surface area contributed by atoms with Crippen molar-refractivity contribution in [2.24, 2.45) is 0 Å². The summed E-state index contributed by atoms with van der Waals surface area (Å²) < 4.78 is 1.73. The average molecular weight is 165 g/mol.